The van der Waals surface area contributed by atoms with E-state index in [0.29, 0.717) is 23.8 Å². The van der Waals surface area contributed by atoms with Gasteiger partial charge in [-0.3, -0.25) is 14.7 Å². The van der Waals surface area contributed by atoms with Crippen molar-refractivity contribution in [1.82, 2.24) is 9.88 Å². The second kappa shape index (κ2) is 7.38. The first-order chi connectivity index (χ1) is 15.0. The molecule has 1 aromatic heterocycles. The molecule has 2 aliphatic heterocycles. The maximum Gasteiger partial charge on any atom is 0.261 e. The largest absolute Gasteiger partial charge is 0.490 e. The molecule has 158 valence electrons. The number of carbonyl (C=O) groups excluding carboxylic acids is 1. The van der Waals surface area contributed by atoms with Gasteiger partial charge in [-0.2, -0.15) is 0 Å². The molecular weight excluding hydrogens is 390 g/mol. The number of rotatable bonds is 2. The van der Waals surface area contributed by atoms with E-state index in [2.05, 4.69) is 9.83 Å². The van der Waals surface area contributed by atoms with Crippen molar-refractivity contribution in [3.63, 3.8) is 0 Å². The lowest BCUT2D eigenvalue weighted by Crippen LogP contribution is -2.47. The standard InChI is InChI=1S/C24H25N5O2/c1-26-18-10-17(13-27-14-18)16-8-9-20-19(11-16)24(22(30)29(2)23(25)28-24)12-21(31-20)15-6-4-3-5-7-15/h8-11,13-15,21H,3-7,12H2,2H3,(H2,25,28). The van der Waals surface area contributed by atoms with Crippen molar-refractivity contribution in [2.45, 2.75) is 50.2 Å². The fourth-order valence-electron chi connectivity index (χ4n) is 5.17. The number of nitrogens with two attached hydrogens (primary N) is 1. The number of hydrogen-bond donors (Lipinski definition) is 1. The van der Waals surface area contributed by atoms with Crippen LogP contribution in [0.2, 0.25) is 0 Å². The van der Waals surface area contributed by atoms with Gasteiger partial charge in [0.15, 0.2) is 11.5 Å². The molecule has 0 saturated heterocycles. The van der Waals surface area contributed by atoms with E-state index in [0.717, 1.165) is 29.5 Å². The van der Waals surface area contributed by atoms with E-state index in [1.54, 1.807) is 19.3 Å². The summed E-state index contributed by atoms with van der Waals surface area (Å²) in [6.07, 6.45) is 9.60. The number of benzene rings is 1. The van der Waals surface area contributed by atoms with Crippen molar-refractivity contribution in [3.05, 3.63) is 53.6 Å². The molecule has 1 amide bonds. The highest BCUT2D eigenvalue weighted by Crippen LogP contribution is 2.49. The quantitative estimate of drug-likeness (QED) is 0.751. The number of aliphatic imine (C=N–C) groups is 1. The van der Waals surface area contributed by atoms with Crippen molar-refractivity contribution in [1.29, 1.82) is 0 Å². The van der Waals surface area contributed by atoms with Crippen molar-refractivity contribution in [2.75, 3.05) is 7.05 Å². The number of ether oxygens (including phenoxy) is 1. The minimum absolute atomic E-state index is 0.0576. The minimum atomic E-state index is -1.06. The molecule has 1 saturated carbocycles. The number of guanidine groups is 1. The van der Waals surface area contributed by atoms with Crippen LogP contribution in [0.25, 0.3) is 16.0 Å². The van der Waals surface area contributed by atoms with Crippen LogP contribution in [-0.2, 0) is 10.3 Å². The Labute approximate surface area is 181 Å². The van der Waals surface area contributed by atoms with Gasteiger partial charge in [0.25, 0.3) is 5.91 Å². The van der Waals surface area contributed by atoms with Crippen LogP contribution >= 0.6 is 0 Å². The van der Waals surface area contributed by atoms with Crippen molar-refractivity contribution in [3.8, 4) is 16.9 Å². The van der Waals surface area contributed by atoms with Gasteiger partial charge in [-0.1, -0.05) is 25.3 Å². The van der Waals surface area contributed by atoms with Crippen LogP contribution in [-0.4, -0.2) is 34.9 Å². The Morgan fingerprint density at radius 3 is 2.71 bits per heavy atom. The summed E-state index contributed by atoms with van der Waals surface area (Å²) >= 11 is 0. The normalized spacial score (nSPS) is 25.7. The molecule has 2 N–H and O–H groups in total. The van der Waals surface area contributed by atoms with Gasteiger partial charge >= 0.3 is 0 Å². The second-order valence-electron chi connectivity index (χ2n) is 8.71. The number of pyridine rings is 1. The number of carbonyl (C=O) groups is 1. The average Bonchev–Trinajstić information content (AvgIpc) is 3.03. The minimum Gasteiger partial charge on any atom is -0.490 e. The molecule has 2 unspecified atom stereocenters. The Bertz CT molecular complexity index is 1120. The first-order valence-electron chi connectivity index (χ1n) is 10.8. The third-order valence-corrected chi connectivity index (χ3v) is 6.87. The Balaban J connectivity index is 1.62. The Kier molecular flexibility index (Phi) is 4.66. The highest BCUT2D eigenvalue weighted by molar-refractivity contribution is 6.07. The lowest BCUT2D eigenvalue weighted by atomic mass is 9.75. The predicted molar refractivity (Wildman–Crippen MR) is 118 cm³/mol. The van der Waals surface area contributed by atoms with Crippen LogP contribution in [0.4, 0.5) is 5.69 Å². The van der Waals surface area contributed by atoms with Crippen molar-refractivity contribution < 1.29 is 9.53 Å². The molecule has 1 spiro atoms. The number of fused-ring (bicyclic) bond motifs is 2. The third-order valence-electron chi connectivity index (χ3n) is 6.87. The van der Waals surface area contributed by atoms with Crippen LogP contribution in [0.1, 0.15) is 44.1 Å². The van der Waals surface area contributed by atoms with E-state index in [-0.39, 0.29) is 18.0 Å². The Morgan fingerprint density at radius 2 is 2.00 bits per heavy atom. The van der Waals surface area contributed by atoms with E-state index >= 15 is 0 Å². The first-order valence-corrected chi connectivity index (χ1v) is 10.8. The summed E-state index contributed by atoms with van der Waals surface area (Å²) in [5.74, 6) is 1.25. The smallest absolute Gasteiger partial charge is 0.261 e. The number of hydrogen-bond acceptors (Lipinski definition) is 5. The first kappa shape index (κ1) is 19.6. The molecule has 5 rings (SSSR count). The van der Waals surface area contributed by atoms with Crippen LogP contribution in [0.15, 0.2) is 41.7 Å². The van der Waals surface area contributed by atoms with Crippen LogP contribution in [0.3, 0.4) is 0 Å². The van der Waals surface area contributed by atoms with Crippen molar-refractivity contribution in [2.24, 2.45) is 16.6 Å². The van der Waals surface area contributed by atoms with Crippen molar-refractivity contribution >= 4 is 17.6 Å². The molecule has 7 heteroatoms. The van der Waals surface area contributed by atoms with Gasteiger partial charge in [0.2, 0.25) is 5.69 Å². The summed E-state index contributed by atoms with van der Waals surface area (Å²) in [5, 5.41) is 0. The maximum atomic E-state index is 13.5. The molecule has 3 heterocycles. The van der Waals surface area contributed by atoms with Gasteiger partial charge in [0.05, 0.1) is 6.57 Å². The molecule has 0 bridgehead atoms. The van der Waals surface area contributed by atoms with Gasteiger partial charge in [-0.05, 0) is 48.1 Å². The topological polar surface area (TPSA) is 85.2 Å². The highest BCUT2D eigenvalue weighted by Gasteiger charge is 2.54. The zero-order valence-corrected chi connectivity index (χ0v) is 17.5. The molecule has 1 aliphatic carbocycles. The molecule has 31 heavy (non-hydrogen) atoms. The summed E-state index contributed by atoms with van der Waals surface area (Å²) in [6.45, 7) is 7.26. The van der Waals surface area contributed by atoms with E-state index in [4.69, 9.17) is 22.0 Å². The maximum absolute atomic E-state index is 13.5. The van der Waals surface area contributed by atoms with Gasteiger partial charge < -0.3 is 10.5 Å². The summed E-state index contributed by atoms with van der Waals surface area (Å²) < 4.78 is 6.47. The predicted octanol–water partition coefficient (Wildman–Crippen LogP) is 4.01. The fourth-order valence-corrected chi connectivity index (χ4v) is 5.17. The number of amides is 1. The van der Waals surface area contributed by atoms with Gasteiger partial charge in [-0.25, -0.2) is 9.84 Å². The number of likely N-dealkylation sites (N-methyl/N-ethyl adjacent to an activating group) is 1. The van der Waals surface area contributed by atoms with E-state index < -0.39 is 5.54 Å². The van der Waals surface area contributed by atoms with Gasteiger partial charge in [0, 0.05) is 31.4 Å². The molecular formula is C24H25N5O2. The van der Waals surface area contributed by atoms with E-state index in [1.165, 1.54) is 30.4 Å². The van der Waals surface area contributed by atoms with Crippen LogP contribution < -0.4 is 10.5 Å². The Hall–Kier alpha value is -3.40. The molecule has 0 radical (unpaired) electrons. The van der Waals surface area contributed by atoms with Gasteiger partial charge in [-0.15, -0.1) is 0 Å². The average molecular weight is 415 g/mol. The third kappa shape index (κ3) is 3.14. The number of aromatic nitrogens is 1. The monoisotopic (exact) mass is 415 g/mol. The van der Waals surface area contributed by atoms with Crippen LogP contribution in [0.5, 0.6) is 5.75 Å². The lowest BCUT2D eigenvalue weighted by Gasteiger charge is -2.41. The fraction of sp³-hybridized carbons (Fsp3) is 0.417. The summed E-state index contributed by atoms with van der Waals surface area (Å²) in [5.41, 5.74) is 7.95. The SMILES string of the molecule is [C-]#[N+]c1cncc(-c2ccc3c(c2)C2(CC(C4CCCCC4)O3)N=C(N)N(C)C2=O)c1. The molecule has 1 aromatic carbocycles. The lowest BCUT2D eigenvalue weighted by molar-refractivity contribution is -0.132. The zero-order chi connectivity index (χ0) is 21.6. The van der Waals surface area contributed by atoms with E-state index in [9.17, 15) is 4.79 Å². The second-order valence-corrected chi connectivity index (χ2v) is 8.71. The zero-order valence-electron chi connectivity index (χ0n) is 17.5. The number of nitrogens with zero attached hydrogens (tertiary/aromatic N) is 4. The molecule has 2 atom stereocenters. The molecule has 2 aromatic rings. The van der Waals surface area contributed by atoms with Gasteiger partial charge in [0.1, 0.15) is 11.9 Å². The highest BCUT2D eigenvalue weighted by atomic mass is 16.5. The summed E-state index contributed by atoms with van der Waals surface area (Å²) in [7, 11) is 1.67. The Morgan fingerprint density at radius 1 is 1.19 bits per heavy atom. The molecule has 3 aliphatic rings. The van der Waals surface area contributed by atoms with E-state index in [1.807, 2.05) is 18.2 Å². The molecule has 1 fully saturated rings. The summed E-state index contributed by atoms with van der Waals surface area (Å²) in [4.78, 5) is 27.3. The summed E-state index contributed by atoms with van der Waals surface area (Å²) in [6, 6.07) is 7.62. The molecule has 7 nitrogen and oxygen atoms in total. The van der Waals surface area contributed by atoms with Crippen LogP contribution in [0, 0.1) is 12.5 Å².